The van der Waals surface area contributed by atoms with Crippen LogP contribution < -0.4 is 4.72 Å². The Bertz CT molecular complexity index is 1360. The van der Waals surface area contributed by atoms with Gasteiger partial charge in [-0.05, 0) is 72.4 Å². The number of aliphatic hydroxyl groups excluding tert-OH is 1. The van der Waals surface area contributed by atoms with Crippen molar-refractivity contribution in [2.24, 2.45) is 0 Å². The third-order valence-electron chi connectivity index (χ3n) is 6.26. The van der Waals surface area contributed by atoms with Crippen LogP contribution in [0.2, 0.25) is 5.02 Å². The van der Waals surface area contributed by atoms with Gasteiger partial charge in [0.1, 0.15) is 6.04 Å². The molecular weight excluding hydrogens is 488 g/mol. The van der Waals surface area contributed by atoms with Crippen LogP contribution in [0.5, 0.6) is 0 Å². The second-order valence-electron chi connectivity index (χ2n) is 8.86. The van der Waals surface area contributed by atoms with Crippen molar-refractivity contribution in [2.45, 2.75) is 43.9 Å². The molecule has 0 aromatic heterocycles. The van der Waals surface area contributed by atoms with E-state index in [9.17, 15) is 23.4 Å². The van der Waals surface area contributed by atoms with Crippen LogP contribution >= 0.6 is 11.6 Å². The number of aryl methyl sites for hydroxylation is 2. The van der Waals surface area contributed by atoms with Crippen LogP contribution in [0, 0.1) is 13.8 Å². The molecule has 1 saturated heterocycles. The third kappa shape index (κ3) is 5.51. The second kappa shape index (κ2) is 9.99. The molecule has 2 atom stereocenters. The number of carboxylic acid groups (broad SMARTS) is 1. The topological polar surface area (TPSA) is 107 Å². The Labute approximate surface area is 210 Å². The SMILES string of the molecule is Cc1cc(S(=O)(=O)Nc2cccc(-c3ccc(CN4CC[C@H](O)[C@H]4C(=O)O)cc3)c2)c(C)cc1Cl. The number of rotatable bonds is 7. The average Bonchev–Trinajstić information content (AvgIpc) is 3.16. The zero-order chi connectivity index (χ0) is 25.3. The first kappa shape index (κ1) is 25.2. The predicted molar refractivity (Wildman–Crippen MR) is 136 cm³/mol. The lowest BCUT2D eigenvalue weighted by Gasteiger charge is -2.22. The molecule has 7 nitrogen and oxygen atoms in total. The number of sulfonamides is 1. The Hall–Kier alpha value is -2.91. The van der Waals surface area contributed by atoms with Crippen molar-refractivity contribution >= 4 is 33.3 Å². The van der Waals surface area contributed by atoms with Gasteiger partial charge in [-0.2, -0.15) is 0 Å². The van der Waals surface area contributed by atoms with Gasteiger partial charge in [0.05, 0.1) is 11.0 Å². The largest absolute Gasteiger partial charge is 0.480 e. The maximum absolute atomic E-state index is 13.0. The zero-order valence-corrected chi connectivity index (χ0v) is 21.0. The number of halogens is 1. The summed E-state index contributed by atoms with van der Waals surface area (Å²) in [6.45, 7) is 4.42. The van der Waals surface area contributed by atoms with E-state index in [-0.39, 0.29) is 4.90 Å². The summed E-state index contributed by atoms with van der Waals surface area (Å²) in [5.41, 5.74) is 4.35. The standard InChI is InChI=1S/C26H27ClN2O5S/c1-16-13-24(17(2)12-22(16)27)35(33,34)28-21-5-3-4-20(14-21)19-8-6-18(7-9-19)15-29-11-10-23(30)25(29)26(31)32/h3-9,12-14,23,25,28,30H,10-11,15H2,1-2H3,(H,31,32)/t23-,25-/m0/s1. The fraction of sp³-hybridized carbons (Fsp3) is 0.269. The number of nitrogens with zero attached hydrogens (tertiary/aromatic N) is 1. The van der Waals surface area contributed by atoms with E-state index < -0.39 is 28.1 Å². The molecule has 1 heterocycles. The number of benzene rings is 3. The minimum atomic E-state index is -3.80. The highest BCUT2D eigenvalue weighted by molar-refractivity contribution is 7.92. The highest BCUT2D eigenvalue weighted by atomic mass is 35.5. The van der Waals surface area contributed by atoms with Crippen molar-refractivity contribution in [3.05, 3.63) is 82.4 Å². The van der Waals surface area contributed by atoms with Gasteiger partial charge in [-0.25, -0.2) is 8.42 Å². The third-order valence-corrected chi connectivity index (χ3v) is 8.19. The number of carbonyl (C=O) groups is 1. The van der Waals surface area contributed by atoms with Crippen molar-refractivity contribution in [3.8, 4) is 11.1 Å². The Balaban J connectivity index is 1.51. The first-order valence-electron chi connectivity index (χ1n) is 11.2. The van der Waals surface area contributed by atoms with Crippen molar-refractivity contribution in [1.82, 2.24) is 4.90 Å². The van der Waals surface area contributed by atoms with Gasteiger partial charge in [0, 0.05) is 23.8 Å². The lowest BCUT2D eigenvalue weighted by molar-refractivity contribution is -0.145. The Morgan fingerprint density at radius 3 is 2.46 bits per heavy atom. The van der Waals surface area contributed by atoms with E-state index in [0.717, 1.165) is 16.7 Å². The molecule has 3 N–H and O–H groups in total. The molecule has 1 aliphatic heterocycles. The van der Waals surface area contributed by atoms with Crippen LogP contribution in [0.4, 0.5) is 5.69 Å². The Morgan fingerprint density at radius 2 is 1.77 bits per heavy atom. The van der Waals surface area contributed by atoms with Crippen LogP contribution in [0.25, 0.3) is 11.1 Å². The summed E-state index contributed by atoms with van der Waals surface area (Å²) in [6, 6.07) is 17.1. The first-order valence-corrected chi connectivity index (χ1v) is 13.0. The van der Waals surface area contributed by atoms with E-state index in [1.807, 2.05) is 30.3 Å². The molecule has 3 aromatic rings. The van der Waals surface area contributed by atoms with Crippen molar-refractivity contribution in [1.29, 1.82) is 0 Å². The summed E-state index contributed by atoms with van der Waals surface area (Å²) in [6.07, 6.45) is -0.425. The molecule has 0 amide bonds. The van der Waals surface area contributed by atoms with Crippen LogP contribution in [0.3, 0.4) is 0 Å². The first-order chi connectivity index (χ1) is 16.5. The monoisotopic (exact) mass is 514 g/mol. The lowest BCUT2D eigenvalue weighted by Crippen LogP contribution is -2.41. The van der Waals surface area contributed by atoms with Gasteiger partial charge in [0.25, 0.3) is 10.0 Å². The molecule has 4 rings (SSSR count). The van der Waals surface area contributed by atoms with E-state index in [4.69, 9.17) is 11.6 Å². The molecule has 1 fully saturated rings. The fourth-order valence-electron chi connectivity index (χ4n) is 4.39. The normalized spacial score (nSPS) is 18.5. The van der Waals surface area contributed by atoms with Crippen LogP contribution in [0.1, 0.15) is 23.1 Å². The summed E-state index contributed by atoms with van der Waals surface area (Å²) >= 11 is 6.12. The molecule has 0 spiro atoms. The van der Waals surface area contributed by atoms with Crippen LogP contribution in [0.15, 0.2) is 65.6 Å². The van der Waals surface area contributed by atoms with Gasteiger partial charge < -0.3 is 10.2 Å². The number of likely N-dealkylation sites (tertiary alicyclic amines) is 1. The molecular formula is C26H27ClN2O5S. The number of anilines is 1. The lowest BCUT2D eigenvalue weighted by atomic mass is 10.0. The number of hydrogen-bond donors (Lipinski definition) is 3. The molecule has 9 heteroatoms. The average molecular weight is 515 g/mol. The molecule has 3 aromatic carbocycles. The van der Waals surface area contributed by atoms with Gasteiger partial charge >= 0.3 is 5.97 Å². The van der Waals surface area contributed by atoms with Gasteiger partial charge in [-0.3, -0.25) is 14.4 Å². The zero-order valence-electron chi connectivity index (χ0n) is 19.4. The van der Waals surface area contributed by atoms with E-state index in [2.05, 4.69) is 4.72 Å². The maximum Gasteiger partial charge on any atom is 0.323 e. The van der Waals surface area contributed by atoms with Crippen molar-refractivity contribution < 1.29 is 23.4 Å². The number of hydrogen-bond acceptors (Lipinski definition) is 5. The molecule has 0 saturated carbocycles. The molecule has 0 unspecified atom stereocenters. The number of aliphatic carboxylic acids is 1. The maximum atomic E-state index is 13.0. The quantitative estimate of drug-likeness (QED) is 0.430. The number of carboxylic acids is 1. The van der Waals surface area contributed by atoms with Crippen LogP contribution in [-0.4, -0.2) is 48.2 Å². The van der Waals surface area contributed by atoms with Crippen molar-refractivity contribution in [3.63, 3.8) is 0 Å². The smallest absolute Gasteiger partial charge is 0.323 e. The Morgan fingerprint density at radius 1 is 1.06 bits per heavy atom. The summed E-state index contributed by atoms with van der Waals surface area (Å²) in [5.74, 6) is -1.02. The Kier molecular flexibility index (Phi) is 7.19. The van der Waals surface area contributed by atoms with Crippen LogP contribution in [-0.2, 0) is 21.4 Å². The summed E-state index contributed by atoms with van der Waals surface area (Å²) in [5, 5.41) is 19.9. The fourth-order valence-corrected chi connectivity index (χ4v) is 5.97. The molecule has 0 radical (unpaired) electrons. The van der Waals surface area contributed by atoms with Gasteiger partial charge in [-0.15, -0.1) is 0 Å². The molecule has 184 valence electrons. The van der Waals surface area contributed by atoms with E-state index in [1.165, 1.54) is 0 Å². The highest BCUT2D eigenvalue weighted by Crippen LogP contribution is 2.28. The molecule has 0 aliphatic carbocycles. The molecule has 35 heavy (non-hydrogen) atoms. The second-order valence-corrected chi connectivity index (χ2v) is 10.9. The van der Waals surface area contributed by atoms with Crippen molar-refractivity contribution in [2.75, 3.05) is 11.3 Å². The van der Waals surface area contributed by atoms with E-state index in [1.54, 1.807) is 49.1 Å². The van der Waals surface area contributed by atoms with Gasteiger partial charge in [0.15, 0.2) is 0 Å². The summed E-state index contributed by atoms with van der Waals surface area (Å²) < 4.78 is 28.7. The molecule has 0 bridgehead atoms. The summed E-state index contributed by atoms with van der Waals surface area (Å²) in [7, 11) is -3.80. The minimum absolute atomic E-state index is 0.181. The van der Waals surface area contributed by atoms with E-state index >= 15 is 0 Å². The predicted octanol–water partition coefficient (Wildman–Crippen LogP) is 4.44. The summed E-state index contributed by atoms with van der Waals surface area (Å²) in [4.78, 5) is 13.4. The van der Waals surface area contributed by atoms with Gasteiger partial charge in [-0.1, -0.05) is 48.0 Å². The van der Waals surface area contributed by atoms with E-state index in [0.29, 0.717) is 41.3 Å². The number of aliphatic hydroxyl groups is 1. The van der Waals surface area contributed by atoms with Gasteiger partial charge in [0.2, 0.25) is 0 Å². The number of nitrogens with one attached hydrogen (secondary N) is 1. The minimum Gasteiger partial charge on any atom is -0.480 e. The molecule has 1 aliphatic rings. The highest BCUT2D eigenvalue weighted by Gasteiger charge is 2.38.